The molecule has 1 saturated carbocycles. The second-order valence-corrected chi connectivity index (χ2v) is 10.1. The Morgan fingerprint density at radius 1 is 1.27 bits per heavy atom. The number of aromatic nitrogens is 2. The lowest BCUT2D eigenvalue weighted by atomic mass is 9.73. The highest BCUT2D eigenvalue weighted by Crippen LogP contribution is 2.39. The molecule has 3 rings (SSSR count). The molecule has 2 heterocycles. The Kier molecular flexibility index (Phi) is 12.5. The molecular formula is C28H48N4O. The summed E-state index contributed by atoms with van der Waals surface area (Å²) in [5.41, 5.74) is 1.74. The highest BCUT2D eigenvalue weighted by atomic mass is 16.1. The molecule has 5 heteroatoms. The standard InChI is InChI=1S/C20H34N4.C8H14O/c1-5-12-22-18(6-2)19-16-21-17-24(19)13-8-9-20(7-3)10-14-23(4)15-11-20;9-7-6-8-4-2-1-3-5-8/h5-6,12,16-18,22H,2,7-11,13-15H2,1,3-4H3;7-8H,1-6H2/b12-5-;. The van der Waals surface area contributed by atoms with Crippen molar-refractivity contribution in [2.45, 2.75) is 97.1 Å². The Morgan fingerprint density at radius 3 is 2.61 bits per heavy atom. The molecule has 0 aromatic carbocycles. The maximum absolute atomic E-state index is 10.1. The summed E-state index contributed by atoms with van der Waals surface area (Å²) in [6.07, 6.45) is 24.9. The van der Waals surface area contributed by atoms with Crippen LogP contribution < -0.4 is 5.32 Å². The average molecular weight is 457 g/mol. The fourth-order valence-corrected chi connectivity index (χ4v) is 5.31. The highest BCUT2D eigenvalue weighted by Gasteiger charge is 2.31. The third-order valence-electron chi connectivity index (χ3n) is 7.80. The number of carbonyl (C=O) groups is 1. The van der Waals surface area contributed by atoms with Crippen molar-refractivity contribution in [2.75, 3.05) is 20.1 Å². The molecule has 0 spiro atoms. The van der Waals surface area contributed by atoms with Crippen molar-refractivity contribution < 1.29 is 4.79 Å². The topological polar surface area (TPSA) is 50.2 Å². The molecule has 1 aromatic heterocycles. The lowest BCUT2D eigenvalue weighted by molar-refractivity contribution is -0.108. The smallest absolute Gasteiger partial charge is 0.120 e. The van der Waals surface area contributed by atoms with Crippen LogP contribution in [0, 0.1) is 11.3 Å². The number of likely N-dealkylation sites (tertiary alicyclic amines) is 1. The molecule has 5 nitrogen and oxygen atoms in total. The molecule has 1 aliphatic carbocycles. The predicted molar refractivity (Wildman–Crippen MR) is 139 cm³/mol. The van der Waals surface area contributed by atoms with E-state index in [-0.39, 0.29) is 6.04 Å². The lowest BCUT2D eigenvalue weighted by Crippen LogP contribution is -2.37. The molecule has 1 unspecified atom stereocenters. The number of hydrogen-bond donors (Lipinski definition) is 1. The number of imidazole rings is 1. The minimum absolute atomic E-state index is 0.118. The molecule has 186 valence electrons. The van der Waals surface area contributed by atoms with Crippen molar-refractivity contribution in [3.63, 3.8) is 0 Å². The fraction of sp³-hybridized carbons (Fsp3) is 0.714. The summed E-state index contributed by atoms with van der Waals surface area (Å²) in [5, 5.41) is 3.36. The van der Waals surface area contributed by atoms with Crippen molar-refractivity contribution in [3.05, 3.63) is 43.1 Å². The zero-order valence-corrected chi connectivity index (χ0v) is 21.5. The number of rotatable bonds is 11. The minimum Gasteiger partial charge on any atom is -0.380 e. The summed E-state index contributed by atoms with van der Waals surface area (Å²) in [7, 11) is 2.24. The molecule has 2 fully saturated rings. The number of hydrogen-bond acceptors (Lipinski definition) is 4. The summed E-state index contributed by atoms with van der Waals surface area (Å²) in [6.45, 7) is 11.9. The van der Waals surface area contributed by atoms with Gasteiger partial charge in [-0.05, 0) is 70.3 Å². The first-order valence-corrected chi connectivity index (χ1v) is 13.2. The van der Waals surface area contributed by atoms with Gasteiger partial charge in [-0.25, -0.2) is 4.98 Å². The van der Waals surface area contributed by atoms with E-state index in [1.807, 2.05) is 37.8 Å². The first kappa shape index (κ1) is 27.4. The number of piperidine rings is 1. The molecule has 0 amide bonds. The average Bonchev–Trinajstić information content (AvgIpc) is 3.31. The van der Waals surface area contributed by atoms with E-state index in [1.54, 1.807) is 0 Å². The summed E-state index contributed by atoms with van der Waals surface area (Å²) >= 11 is 0. The van der Waals surface area contributed by atoms with Crippen LogP contribution in [0.4, 0.5) is 0 Å². The third-order valence-corrected chi connectivity index (χ3v) is 7.80. The minimum atomic E-state index is 0.118. The van der Waals surface area contributed by atoms with Crippen molar-refractivity contribution in [3.8, 4) is 0 Å². The quantitative estimate of drug-likeness (QED) is 0.314. The lowest BCUT2D eigenvalue weighted by Gasteiger charge is -2.40. The van der Waals surface area contributed by atoms with Gasteiger partial charge in [0.25, 0.3) is 0 Å². The summed E-state index contributed by atoms with van der Waals surface area (Å²) in [6, 6.07) is 0.118. The van der Waals surface area contributed by atoms with E-state index < -0.39 is 0 Å². The number of nitrogens with one attached hydrogen (secondary N) is 1. The van der Waals surface area contributed by atoms with Crippen LogP contribution in [-0.2, 0) is 11.3 Å². The van der Waals surface area contributed by atoms with Crippen molar-refractivity contribution >= 4 is 6.29 Å². The van der Waals surface area contributed by atoms with Gasteiger partial charge in [-0.3, -0.25) is 0 Å². The predicted octanol–water partition coefficient (Wildman–Crippen LogP) is 6.29. The number of allylic oxidation sites excluding steroid dienone is 1. The molecule has 0 radical (unpaired) electrons. The zero-order chi connectivity index (χ0) is 23.9. The maximum atomic E-state index is 10.1. The largest absolute Gasteiger partial charge is 0.380 e. The zero-order valence-electron chi connectivity index (χ0n) is 21.5. The number of aldehydes is 1. The van der Waals surface area contributed by atoms with Gasteiger partial charge in [0.15, 0.2) is 0 Å². The molecule has 33 heavy (non-hydrogen) atoms. The van der Waals surface area contributed by atoms with E-state index in [9.17, 15) is 4.79 Å². The van der Waals surface area contributed by atoms with E-state index in [2.05, 4.69) is 40.3 Å². The van der Waals surface area contributed by atoms with Crippen molar-refractivity contribution in [1.82, 2.24) is 19.8 Å². The van der Waals surface area contributed by atoms with Gasteiger partial charge < -0.3 is 19.6 Å². The van der Waals surface area contributed by atoms with Gasteiger partial charge in [-0.15, -0.1) is 6.58 Å². The molecule has 1 N–H and O–H groups in total. The van der Waals surface area contributed by atoms with E-state index >= 15 is 0 Å². The van der Waals surface area contributed by atoms with Crippen LogP contribution >= 0.6 is 0 Å². The second-order valence-electron chi connectivity index (χ2n) is 10.1. The van der Waals surface area contributed by atoms with Gasteiger partial charge >= 0.3 is 0 Å². The second kappa shape index (κ2) is 15.1. The van der Waals surface area contributed by atoms with Gasteiger partial charge in [0.1, 0.15) is 6.29 Å². The van der Waals surface area contributed by atoms with Gasteiger partial charge in [-0.2, -0.15) is 0 Å². The molecule has 1 aliphatic heterocycles. The Bertz CT molecular complexity index is 697. The Hall–Kier alpha value is -1.88. The Balaban J connectivity index is 0.000000357. The van der Waals surface area contributed by atoms with Gasteiger partial charge in [0.05, 0.1) is 24.3 Å². The molecule has 1 atom stereocenters. The summed E-state index contributed by atoms with van der Waals surface area (Å²) in [4.78, 5) is 16.9. The molecule has 2 aliphatic rings. The number of nitrogens with zero attached hydrogens (tertiary/aromatic N) is 3. The maximum Gasteiger partial charge on any atom is 0.120 e. The highest BCUT2D eigenvalue weighted by molar-refractivity contribution is 5.49. The van der Waals surface area contributed by atoms with Crippen LogP contribution in [0.2, 0.25) is 0 Å². The van der Waals surface area contributed by atoms with Gasteiger partial charge in [0.2, 0.25) is 0 Å². The van der Waals surface area contributed by atoms with Gasteiger partial charge in [0, 0.05) is 13.0 Å². The molecule has 1 saturated heterocycles. The molecular weight excluding hydrogens is 408 g/mol. The summed E-state index contributed by atoms with van der Waals surface area (Å²) in [5.74, 6) is 0.733. The first-order valence-electron chi connectivity index (χ1n) is 13.2. The molecule has 0 bridgehead atoms. The van der Waals surface area contributed by atoms with Crippen LogP contribution in [0.15, 0.2) is 37.5 Å². The number of aryl methyl sites for hydroxylation is 1. The van der Waals surface area contributed by atoms with Crippen LogP contribution in [0.25, 0.3) is 0 Å². The van der Waals surface area contributed by atoms with E-state index in [0.717, 1.165) is 25.2 Å². The summed E-state index contributed by atoms with van der Waals surface area (Å²) < 4.78 is 2.28. The molecule has 1 aromatic rings. The Labute approximate surface area is 202 Å². The third kappa shape index (κ3) is 9.11. The van der Waals surface area contributed by atoms with Crippen LogP contribution in [0.1, 0.15) is 96.2 Å². The van der Waals surface area contributed by atoms with E-state index in [4.69, 9.17) is 0 Å². The van der Waals surface area contributed by atoms with E-state index in [0.29, 0.717) is 5.41 Å². The van der Waals surface area contributed by atoms with Crippen LogP contribution in [-0.4, -0.2) is 40.9 Å². The number of carbonyl (C=O) groups excluding carboxylic acids is 1. The van der Waals surface area contributed by atoms with Crippen LogP contribution in [0.3, 0.4) is 0 Å². The normalized spacial score (nSPS) is 20.1. The van der Waals surface area contributed by atoms with Gasteiger partial charge in [-0.1, -0.05) is 57.6 Å². The monoisotopic (exact) mass is 456 g/mol. The fourth-order valence-electron chi connectivity index (χ4n) is 5.31. The first-order chi connectivity index (χ1) is 16.1. The Morgan fingerprint density at radius 2 is 2.00 bits per heavy atom. The van der Waals surface area contributed by atoms with E-state index in [1.165, 1.54) is 83.0 Å². The SMILES string of the molecule is C=CC(N/C=C\C)c1cncn1CCCC1(CC)CCN(C)CC1.O=CCC1CCCCC1. The van der Waals surface area contributed by atoms with Crippen molar-refractivity contribution in [2.24, 2.45) is 11.3 Å². The van der Waals surface area contributed by atoms with Crippen molar-refractivity contribution in [1.29, 1.82) is 0 Å². The van der Waals surface area contributed by atoms with Crippen LogP contribution in [0.5, 0.6) is 0 Å².